The Balaban J connectivity index is 1.54. The van der Waals surface area contributed by atoms with E-state index < -0.39 is 10.0 Å². The Bertz CT molecular complexity index is 786. The predicted molar refractivity (Wildman–Crippen MR) is 81.2 cm³/mol. The maximum atomic E-state index is 12.7. The molecule has 0 aromatic carbocycles. The number of hydrogen-bond donors (Lipinski definition) is 0. The first-order chi connectivity index (χ1) is 11.1. The molecule has 1 saturated heterocycles. The first-order valence-corrected chi connectivity index (χ1v) is 9.33. The van der Waals surface area contributed by atoms with Crippen molar-refractivity contribution in [1.29, 1.82) is 0 Å². The number of piperidine rings is 1. The van der Waals surface area contributed by atoms with Crippen LogP contribution in [0.3, 0.4) is 0 Å². The van der Waals surface area contributed by atoms with E-state index in [4.69, 9.17) is 4.52 Å². The van der Waals surface area contributed by atoms with Crippen LogP contribution in [-0.4, -0.2) is 40.9 Å². The molecule has 0 amide bonds. The van der Waals surface area contributed by atoms with Gasteiger partial charge in [-0.25, -0.2) is 13.4 Å². The smallest absolute Gasteiger partial charge is 0.260 e. The van der Waals surface area contributed by atoms with Crippen molar-refractivity contribution in [2.45, 2.75) is 42.5 Å². The fourth-order valence-electron chi connectivity index (χ4n) is 2.91. The summed E-state index contributed by atoms with van der Waals surface area (Å²) >= 11 is 0. The van der Waals surface area contributed by atoms with Gasteiger partial charge in [0.2, 0.25) is 5.89 Å². The highest BCUT2D eigenvalue weighted by Gasteiger charge is 2.35. The molecule has 8 heteroatoms. The predicted octanol–water partition coefficient (Wildman–Crippen LogP) is 1.91. The third kappa shape index (κ3) is 2.88. The topological polar surface area (TPSA) is 89.2 Å². The van der Waals surface area contributed by atoms with Gasteiger partial charge in [-0.05, 0) is 37.8 Å². The second-order valence-corrected chi connectivity index (χ2v) is 8.02. The summed E-state index contributed by atoms with van der Waals surface area (Å²) in [5.74, 6) is 1.73. The Morgan fingerprint density at radius 3 is 2.78 bits per heavy atom. The van der Waals surface area contributed by atoms with Crippen molar-refractivity contribution in [3.63, 3.8) is 0 Å². The highest BCUT2D eigenvalue weighted by Crippen LogP contribution is 2.39. The lowest BCUT2D eigenvalue weighted by molar-refractivity contribution is 0.299. The van der Waals surface area contributed by atoms with Gasteiger partial charge in [-0.3, -0.25) is 0 Å². The number of sulfonamides is 1. The average Bonchev–Trinajstić information content (AvgIpc) is 3.33. The molecule has 1 unspecified atom stereocenters. The van der Waals surface area contributed by atoms with Crippen molar-refractivity contribution >= 4 is 10.0 Å². The van der Waals surface area contributed by atoms with E-state index in [1.165, 1.54) is 16.6 Å². The average molecular weight is 334 g/mol. The molecule has 1 aliphatic heterocycles. The molecule has 0 spiro atoms. The summed E-state index contributed by atoms with van der Waals surface area (Å²) < 4.78 is 32.2. The Morgan fingerprint density at radius 1 is 1.17 bits per heavy atom. The van der Waals surface area contributed by atoms with E-state index in [1.54, 1.807) is 12.1 Å². The van der Waals surface area contributed by atoms with E-state index in [-0.39, 0.29) is 10.9 Å². The molecule has 1 saturated carbocycles. The molecule has 2 fully saturated rings. The van der Waals surface area contributed by atoms with Crippen LogP contribution in [0.4, 0.5) is 0 Å². The minimum Gasteiger partial charge on any atom is -0.339 e. The van der Waals surface area contributed by atoms with Gasteiger partial charge in [0.25, 0.3) is 10.0 Å². The standard InChI is InChI=1S/C15H18N4O3S/c20-23(21,13-5-1-2-8-16-13)19-9-3-4-12(10-19)14-17-15(22-18-14)11-6-7-11/h1-2,5,8,11-12H,3-4,6-7,9-10H2. The minimum atomic E-state index is -3.56. The Hall–Kier alpha value is -1.80. The van der Waals surface area contributed by atoms with Gasteiger partial charge in [-0.2, -0.15) is 9.29 Å². The van der Waals surface area contributed by atoms with Crippen LogP contribution in [0.1, 0.15) is 49.2 Å². The lowest BCUT2D eigenvalue weighted by atomic mass is 9.99. The lowest BCUT2D eigenvalue weighted by Crippen LogP contribution is -2.39. The van der Waals surface area contributed by atoms with Crippen molar-refractivity contribution in [3.05, 3.63) is 36.1 Å². The number of aromatic nitrogens is 3. The Kier molecular flexibility index (Phi) is 3.65. The monoisotopic (exact) mass is 334 g/mol. The summed E-state index contributed by atoms with van der Waals surface area (Å²) in [6.07, 6.45) is 5.36. The molecular formula is C15H18N4O3S. The van der Waals surface area contributed by atoms with Crippen LogP contribution in [-0.2, 0) is 10.0 Å². The van der Waals surface area contributed by atoms with Crippen LogP contribution >= 0.6 is 0 Å². The fourth-order valence-corrected chi connectivity index (χ4v) is 4.37. The quantitative estimate of drug-likeness (QED) is 0.848. The van der Waals surface area contributed by atoms with Gasteiger partial charge in [0.15, 0.2) is 10.9 Å². The summed E-state index contributed by atoms with van der Waals surface area (Å²) in [4.78, 5) is 8.45. The Labute approximate surface area is 134 Å². The normalized spacial score (nSPS) is 23.0. The van der Waals surface area contributed by atoms with E-state index in [0.29, 0.717) is 30.7 Å². The van der Waals surface area contributed by atoms with Gasteiger partial charge in [0.05, 0.1) is 0 Å². The molecule has 0 bridgehead atoms. The zero-order valence-corrected chi connectivity index (χ0v) is 13.4. The van der Waals surface area contributed by atoms with Crippen molar-refractivity contribution < 1.29 is 12.9 Å². The zero-order chi connectivity index (χ0) is 15.9. The SMILES string of the molecule is O=S(=O)(c1ccccn1)N1CCCC(c2noc(C3CC3)n2)C1. The molecule has 4 rings (SSSR count). The van der Waals surface area contributed by atoms with E-state index in [9.17, 15) is 8.42 Å². The molecule has 7 nitrogen and oxygen atoms in total. The number of pyridine rings is 1. The van der Waals surface area contributed by atoms with Crippen LogP contribution < -0.4 is 0 Å². The van der Waals surface area contributed by atoms with Gasteiger partial charge in [-0.15, -0.1) is 0 Å². The van der Waals surface area contributed by atoms with Gasteiger partial charge in [-0.1, -0.05) is 11.2 Å². The summed E-state index contributed by atoms with van der Waals surface area (Å²) in [7, 11) is -3.56. The highest BCUT2D eigenvalue weighted by molar-refractivity contribution is 7.89. The molecule has 1 atom stereocenters. The number of rotatable bonds is 4. The molecule has 122 valence electrons. The van der Waals surface area contributed by atoms with Crippen molar-refractivity contribution in [1.82, 2.24) is 19.4 Å². The molecule has 0 N–H and O–H groups in total. The number of hydrogen-bond acceptors (Lipinski definition) is 6. The largest absolute Gasteiger partial charge is 0.339 e. The lowest BCUT2D eigenvalue weighted by Gasteiger charge is -2.29. The fraction of sp³-hybridized carbons (Fsp3) is 0.533. The maximum Gasteiger partial charge on any atom is 0.260 e. The first-order valence-electron chi connectivity index (χ1n) is 7.89. The molecule has 3 heterocycles. The molecule has 2 aliphatic rings. The van der Waals surface area contributed by atoms with E-state index in [2.05, 4.69) is 15.1 Å². The maximum absolute atomic E-state index is 12.7. The van der Waals surface area contributed by atoms with Gasteiger partial charge in [0.1, 0.15) is 0 Å². The van der Waals surface area contributed by atoms with Crippen LogP contribution in [0.15, 0.2) is 33.9 Å². The van der Waals surface area contributed by atoms with Crippen LogP contribution in [0.2, 0.25) is 0 Å². The molecule has 0 radical (unpaired) electrons. The summed E-state index contributed by atoms with van der Waals surface area (Å²) in [5.41, 5.74) is 0. The molecule has 2 aromatic rings. The van der Waals surface area contributed by atoms with Crippen molar-refractivity contribution in [3.8, 4) is 0 Å². The van der Waals surface area contributed by atoms with Crippen LogP contribution in [0.25, 0.3) is 0 Å². The molecular weight excluding hydrogens is 316 g/mol. The van der Waals surface area contributed by atoms with Crippen LogP contribution in [0.5, 0.6) is 0 Å². The molecule has 2 aromatic heterocycles. The second-order valence-electron chi connectivity index (χ2n) is 6.14. The second kappa shape index (κ2) is 5.68. The molecule has 1 aliphatic carbocycles. The first kappa shape index (κ1) is 14.8. The third-order valence-electron chi connectivity index (χ3n) is 4.38. The zero-order valence-electron chi connectivity index (χ0n) is 12.6. The highest BCUT2D eigenvalue weighted by atomic mass is 32.2. The van der Waals surface area contributed by atoms with E-state index in [0.717, 1.165) is 25.7 Å². The van der Waals surface area contributed by atoms with Crippen molar-refractivity contribution in [2.75, 3.05) is 13.1 Å². The molecule has 23 heavy (non-hydrogen) atoms. The Morgan fingerprint density at radius 2 is 2.04 bits per heavy atom. The minimum absolute atomic E-state index is 0.0153. The van der Waals surface area contributed by atoms with Gasteiger partial charge in [0, 0.05) is 31.1 Å². The summed E-state index contributed by atoms with van der Waals surface area (Å²) in [6, 6.07) is 4.91. The van der Waals surface area contributed by atoms with E-state index >= 15 is 0 Å². The van der Waals surface area contributed by atoms with Gasteiger partial charge >= 0.3 is 0 Å². The summed E-state index contributed by atoms with van der Waals surface area (Å²) in [5, 5.41) is 4.16. The van der Waals surface area contributed by atoms with Crippen LogP contribution in [0, 0.1) is 0 Å². The van der Waals surface area contributed by atoms with E-state index in [1.807, 2.05) is 0 Å². The summed E-state index contributed by atoms with van der Waals surface area (Å²) in [6.45, 7) is 0.880. The number of nitrogens with zero attached hydrogens (tertiary/aromatic N) is 4. The van der Waals surface area contributed by atoms with Gasteiger partial charge < -0.3 is 4.52 Å². The third-order valence-corrected chi connectivity index (χ3v) is 6.16. The van der Waals surface area contributed by atoms with Crippen molar-refractivity contribution in [2.24, 2.45) is 0 Å².